The number of benzene rings is 2. The molecule has 0 fully saturated rings. The molecule has 0 radical (unpaired) electrons. The zero-order valence-corrected chi connectivity index (χ0v) is 22.3. The van der Waals surface area contributed by atoms with Crippen LogP contribution in [0.15, 0.2) is 59.3 Å². The number of nitrogens with two attached hydrogens (primary N) is 1. The number of carbonyl (C=O) groups is 2. The molecule has 1 unspecified atom stereocenters. The van der Waals surface area contributed by atoms with E-state index in [0.717, 1.165) is 29.2 Å². The highest BCUT2D eigenvalue weighted by molar-refractivity contribution is 7.08. The minimum atomic E-state index is -1.16. The van der Waals surface area contributed by atoms with Crippen LogP contribution in [0.4, 0.5) is 13.6 Å². The van der Waals surface area contributed by atoms with Crippen LogP contribution in [0.25, 0.3) is 0 Å². The fourth-order valence-corrected chi connectivity index (χ4v) is 4.89. The molecule has 0 saturated heterocycles. The molecule has 204 valence electrons. The summed E-state index contributed by atoms with van der Waals surface area (Å²) in [6.07, 6.45) is -0.338. The van der Waals surface area contributed by atoms with Crippen molar-refractivity contribution in [3.05, 3.63) is 93.2 Å². The lowest BCUT2D eigenvalue weighted by Crippen LogP contribution is -2.47. The molecule has 0 saturated carbocycles. The average Bonchev–Trinajstić information content (AvgIpc) is 3.42. The third-order valence-electron chi connectivity index (χ3n) is 6.28. The monoisotopic (exact) mass is 544 g/mol. The van der Waals surface area contributed by atoms with E-state index in [1.807, 2.05) is 48.0 Å². The number of carbonyl (C=O) groups excluding carboxylic acids is 2. The Morgan fingerprint density at radius 2 is 1.79 bits per heavy atom. The van der Waals surface area contributed by atoms with Gasteiger partial charge in [-0.1, -0.05) is 31.2 Å². The lowest BCUT2D eigenvalue weighted by atomic mass is 10.0. The number of aryl methyl sites for hydroxylation is 1. The lowest BCUT2D eigenvalue weighted by Gasteiger charge is -2.30. The van der Waals surface area contributed by atoms with Gasteiger partial charge in [-0.2, -0.15) is 11.3 Å². The van der Waals surface area contributed by atoms with Gasteiger partial charge in [-0.3, -0.25) is 4.79 Å². The molecule has 3 aromatic rings. The van der Waals surface area contributed by atoms with Crippen LogP contribution >= 0.6 is 11.3 Å². The summed E-state index contributed by atoms with van der Waals surface area (Å²) < 4.78 is 27.2. The molecule has 5 N–H and O–H groups in total. The van der Waals surface area contributed by atoms with E-state index in [0.29, 0.717) is 5.56 Å². The number of hydrogen-bond donors (Lipinski definition) is 4. The summed E-state index contributed by atoms with van der Waals surface area (Å²) in [5.41, 5.74) is 9.31. The molecule has 3 atom stereocenters. The van der Waals surface area contributed by atoms with Crippen molar-refractivity contribution in [2.24, 2.45) is 5.73 Å². The van der Waals surface area contributed by atoms with E-state index in [1.165, 1.54) is 35.4 Å². The van der Waals surface area contributed by atoms with E-state index >= 15 is 0 Å². The number of nitrogens with one attached hydrogen (secondary N) is 2. The SMILES string of the molecule is CCc1cccc(CN(C[C@@H](O)[C@@H](N)Cc2cc(F)cc(F)c2)C(=O)CC(NC(=O)NC)c2ccsc2)c1. The first-order chi connectivity index (χ1) is 18.2. The summed E-state index contributed by atoms with van der Waals surface area (Å²) in [6.45, 7) is 2.17. The molecule has 1 aromatic heterocycles. The normalized spacial score (nSPS) is 13.4. The number of nitrogens with zero attached hydrogens (tertiary/aromatic N) is 1. The molecule has 7 nitrogen and oxygen atoms in total. The van der Waals surface area contributed by atoms with Crippen molar-refractivity contribution in [1.82, 2.24) is 15.5 Å². The largest absolute Gasteiger partial charge is 0.390 e. The minimum absolute atomic E-state index is 0.0267. The third-order valence-corrected chi connectivity index (χ3v) is 6.98. The summed E-state index contributed by atoms with van der Waals surface area (Å²) in [5, 5.41) is 20.0. The first-order valence-corrected chi connectivity index (χ1v) is 13.4. The van der Waals surface area contributed by atoms with E-state index in [4.69, 9.17) is 5.73 Å². The van der Waals surface area contributed by atoms with Crippen molar-refractivity contribution < 1.29 is 23.5 Å². The number of hydrogen-bond acceptors (Lipinski definition) is 5. The Morgan fingerprint density at radius 1 is 1.08 bits per heavy atom. The van der Waals surface area contributed by atoms with Gasteiger partial charge in [0.05, 0.1) is 18.6 Å². The van der Waals surface area contributed by atoms with E-state index < -0.39 is 35.9 Å². The van der Waals surface area contributed by atoms with Gasteiger partial charge in [0.25, 0.3) is 0 Å². The van der Waals surface area contributed by atoms with E-state index in [9.17, 15) is 23.5 Å². The van der Waals surface area contributed by atoms with Crippen molar-refractivity contribution in [1.29, 1.82) is 0 Å². The van der Waals surface area contributed by atoms with Crippen LogP contribution in [0.2, 0.25) is 0 Å². The zero-order valence-electron chi connectivity index (χ0n) is 21.5. The maximum Gasteiger partial charge on any atom is 0.315 e. The van der Waals surface area contributed by atoms with Crippen LogP contribution in [0, 0.1) is 11.6 Å². The Labute approximate surface area is 225 Å². The Bertz CT molecular complexity index is 1190. The van der Waals surface area contributed by atoms with Gasteiger partial charge in [-0.05, 0) is 64.1 Å². The number of aliphatic hydroxyl groups is 1. The van der Waals surface area contributed by atoms with E-state index in [1.54, 1.807) is 0 Å². The molecule has 0 aliphatic heterocycles. The summed E-state index contributed by atoms with van der Waals surface area (Å²) in [5.74, 6) is -1.74. The highest BCUT2D eigenvalue weighted by Gasteiger charge is 2.26. The molecule has 0 aliphatic rings. The number of urea groups is 1. The van der Waals surface area contributed by atoms with Gasteiger partial charge in [-0.25, -0.2) is 13.6 Å². The van der Waals surface area contributed by atoms with Crippen molar-refractivity contribution in [3.8, 4) is 0 Å². The number of halogens is 2. The summed E-state index contributed by atoms with van der Waals surface area (Å²) in [7, 11) is 1.50. The Kier molecular flexibility index (Phi) is 10.8. The second-order valence-corrected chi connectivity index (χ2v) is 9.98. The molecule has 10 heteroatoms. The van der Waals surface area contributed by atoms with Crippen LogP contribution in [-0.2, 0) is 24.2 Å². The summed E-state index contributed by atoms with van der Waals surface area (Å²) in [4.78, 5) is 27.2. The van der Waals surface area contributed by atoms with E-state index in [2.05, 4.69) is 10.6 Å². The maximum atomic E-state index is 13.6. The van der Waals surface area contributed by atoms with Gasteiger partial charge in [0.15, 0.2) is 0 Å². The lowest BCUT2D eigenvalue weighted by molar-refractivity contribution is -0.134. The zero-order chi connectivity index (χ0) is 27.7. The standard InChI is InChI=1S/C28H34F2N4O3S/c1-3-18-5-4-6-19(9-18)15-34(16-26(35)24(31)12-20-10-22(29)13-23(30)11-20)27(36)14-25(33-28(37)32-2)21-7-8-38-17-21/h4-11,13,17,24-26,35H,3,12,14-16,31H2,1-2H3,(H2,32,33,37)/t24-,25?,26+/m0/s1. The van der Waals surface area contributed by atoms with Crippen molar-refractivity contribution in [2.45, 2.75) is 50.9 Å². The Hall–Kier alpha value is -3.34. The Balaban J connectivity index is 1.80. The smallest absolute Gasteiger partial charge is 0.315 e. The van der Waals surface area contributed by atoms with Gasteiger partial charge in [0.1, 0.15) is 11.6 Å². The van der Waals surface area contributed by atoms with Crippen LogP contribution in [0.3, 0.4) is 0 Å². The first-order valence-electron chi connectivity index (χ1n) is 12.4. The molecular formula is C28H34F2N4O3S. The van der Waals surface area contributed by atoms with Gasteiger partial charge in [-0.15, -0.1) is 0 Å². The summed E-state index contributed by atoms with van der Waals surface area (Å²) in [6, 6.07) is 10.9. The van der Waals surface area contributed by atoms with Crippen LogP contribution < -0.4 is 16.4 Å². The topological polar surface area (TPSA) is 108 Å². The van der Waals surface area contributed by atoms with Gasteiger partial charge in [0.2, 0.25) is 5.91 Å². The average molecular weight is 545 g/mol. The molecule has 2 aromatic carbocycles. The molecule has 0 aliphatic carbocycles. The second-order valence-electron chi connectivity index (χ2n) is 9.20. The predicted molar refractivity (Wildman–Crippen MR) is 145 cm³/mol. The second kappa shape index (κ2) is 14.0. The number of aliphatic hydroxyl groups excluding tert-OH is 1. The Morgan fingerprint density at radius 3 is 2.42 bits per heavy atom. The molecule has 0 bridgehead atoms. The van der Waals surface area contributed by atoms with Crippen LogP contribution in [-0.4, -0.2) is 47.7 Å². The van der Waals surface area contributed by atoms with Gasteiger partial charge in [0, 0.05) is 32.2 Å². The molecular weight excluding hydrogens is 510 g/mol. The first kappa shape index (κ1) is 29.2. The third kappa shape index (κ3) is 8.61. The number of rotatable bonds is 12. The fraction of sp³-hybridized carbons (Fsp3) is 0.357. The number of amides is 3. The van der Waals surface area contributed by atoms with Gasteiger partial charge >= 0.3 is 6.03 Å². The van der Waals surface area contributed by atoms with Crippen molar-refractivity contribution in [3.63, 3.8) is 0 Å². The predicted octanol–water partition coefficient (Wildman–Crippen LogP) is 3.91. The molecule has 3 rings (SSSR count). The van der Waals surface area contributed by atoms with Crippen LogP contribution in [0.5, 0.6) is 0 Å². The minimum Gasteiger partial charge on any atom is -0.390 e. The highest BCUT2D eigenvalue weighted by Crippen LogP contribution is 2.22. The van der Waals surface area contributed by atoms with Crippen LogP contribution in [0.1, 0.15) is 41.6 Å². The maximum absolute atomic E-state index is 13.6. The highest BCUT2D eigenvalue weighted by atomic mass is 32.1. The van der Waals surface area contributed by atoms with E-state index in [-0.39, 0.29) is 31.8 Å². The number of thiophene rings is 1. The fourth-order valence-electron chi connectivity index (χ4n) is 4.18. The molecule has 1 heterocycles. The van der Waals surface area contributed by atoms with Gasteiger partial charge < -0.3 is 26.4 Å². The quantitative estimate of drug-likeness (QED) is 0.277. The van der Waals surface area contributed by atoms with Crippen molar-refractivity contribution >= 4 is 23.3 Å². The molecule has 3 amide bonds. The summed E-state index contributed by atoms with van der Waals surface area (Å²) >= 11 is 1.46. The molecule has 38 heavy (non-hydrogen) atoms. The molecule has 0 spiro atoms. The van der Waals surface area contributed by atoms with Crippen molar-refractivity contribution in [2.75, 3.05) is 13.6 Å².